The molecule has 2 amide bonds. The zero-order valence-electron chi connectivity index (χ0n) is 22.1. The first-order valence-electron chi connectivity index (χ1n) is 12.8. The topological polar surface area (TPSA) is 122 Å². The number of hydrogen-bond donors (Lipinski definition) is 2. The van der Waals surface area contributed by atoms with Gasteiger partial charge in [0.05, 0.1) is 5.92 Å². The standard InChI is InChI=1S/C29H36N2O7/c1-29(2,3)38-28(36)30-23(18-22(26(33)34)17-20-11-6-4-7-12-20)25(32)31-16-10-15-24(31)27(35)37-19-21-13-8-5-9-14-21/h4-9,11-14,22-24H,10,15-19H2,1-3H3,(H,30,36)(H,33,34)/t22?,23-,24-/m0/s1. The molecule has 9 heteroatoms. The molecule has 38 heavy (non-hydrogen) atoms. The Morgan fingerprint density at radius 3 is 2.18 bits per heavy atom. The smallest absolute Gasteiger partial charge is 0.408 e. The fourth-order valence-corrected chi connectivity index (χ4v) is 4.43. The van der Waals surface area contributed by atoms with E-state index in [-0.39, 0.29) is 19.4 Å². The van der Waals surface area contributed by atoms with Crippen molar-refractivity contribution >= 4 is 23.9 Å². The van der Waals surface area contributed by atoms with Gasteiger partial charge < -0.3 is 24.8 Å². The Morgan fingerprint density at radius 1 is 1.00 bits per heavy atom. The second-order valence-corrected chi connectivity index (χ2v) is 10.4. The number of hydrogen-bond acceptors (Lipinski definition) is 6. The van der Waals surface area contributed by atoms with E-state index in [1.54, 1.807) is 20.8 Å². The van der Waals surface area contributed by atoms with E-state index < -0.39 is 47.5 Å². The molecule has 1 saturated heterocycles. The summed E-state index contributed by atoms with van der Waals surface area (Å²) < 4.78 is 10.8. The summed E-state index contributed by atoms with van der Waals surface area (Å²) in [5, 5.41) is 12.5. The van der Waals surface area contributed by atoms with Gasteiger partial charge in [0.25, 0.3) is 0 Å². The van der Waals surface area contributed by atoms with Crippen LogP contribution >= 0.6 is 0 Å². The molecule has 0 radical (unpaired) electrons. The van der Waals surface area contributed by atoms with Crippen LogP contribution < -0.4 is 5.32 Å². The molecular weight excluding hydrogens is 488 g/mol. The molecule has 0 aliphatic carbocycles. The zero-order chi connectivity index (χ0) is 27.7. The van der Waals surface area contributed by atoms with Crippen molar-refractivity contribution in [2.75, 3.05) is 6.54 Å². The van der Waals surface area contributed by atoms with Gasteiger partial charge in [0.15, 0.2) is 0 Å². The van der Waals surface area contributed by atoms with E-state index in [1.807, 2.05) is 60.7 Å². The van der Waals surface area contributed by atoms with Crippen molar-refractivity contribution in [1.29, 1.82) is 0 Å². The van der Waals surface area contributed by atoms with Crippen LogP contribution in [-0.2, 0) is 36.9 Å². The first-order valence-corrected chi connectivity index (χ1v) is 12.8. The van der Waals surface area contributed by atoms with Crippen molar-refractivity contribution in [3.05, 3.63) is 71.8 Å². The molecule has 2 aromatic carbocycles. The highest BCUT2D eigenvalue weighted by Gasteiger charge is 2.40. The SMILES string of the molecule is CC(C)(C)OC(=O)N[C@@H](CC(Cc1ccccc1)C(=O)O)C(=O)N1CCC[C@H]1C(=O)OCc1ccccc1. The van der Waals surface area contributed by atoms with Crippen molar-refractivity contribution in [3.63, 3.8) is 0 Å². The van der Waals surface area contributed by atoms with Crippen LogP contribution in [0.15, 0.2) is 60.7 Å². The molecule has 3 rings (SSSR count). The Morgan fingerprint density at radius 2 is 1.61 bits per heavy atom. The average Bonchev–Trinajstić information content (AvgIpc) is 3.36. The molecule has 9 nitrogen and oxygen atoms in total. The first kappa shape index (κ1) is 28.7. The molecule has 1 aliphatic heterocycles. The summed E-state index contributed by atoms with van der Waals surface area (Å²) in [4.78, 5) is 52.8. The van der Waals surface area contributed by atoms with Crippen LogP contribution in [0.1, 0.15) is 51.2 Å². The number of ether oxygens (including phenoxy) is 2. The monoisotopic (exact) mass is 524 g/mol. The molecule has 0 saturated carbocycles. The first-order chi connectivity index (χ1) is 18.0. The summed E-state index contributed by atoms with van der Waals surface area (Å²) in [7, 11) is 0. The molecule has 2 aromatic rings. The molecular formula is C29H36N2O7. The third-order valence-electron chi connectivity index (χ3n) is 6.22. The molecule has 0 aromatic heterocycles. The second-order valence-electron chi connectivity index (χ2n) is 10.4. The maximum atomic E-state index is 13.7. The maximum Gasteiger partial charge on any atom is 0.408 e. The van der Waals surface area contributed by atoms with E-state index in [0.29, 0.717) is 19.4 Å². The third-order valence-corrected chi connectivity index (χ3v) is 6.22. The van der Waals surface area contributed by atoms with Crippen molar-refractivity contribution in [3.8, 4) is 0 Å². The molecule has 1 aliphatic rings. The minimum absolute atomic E-state index is 0.0793. The lowest BCUT2D eigenvalue weighted by molar-refractivity contribution is -0.155. The molecule has 204 valence electrons. The van der Waals surface area contributed by atoms with Crippen molar-refractivity contribution in [2.24, 2.45) is 5.92 Å². The summed E-state index contributed by atoms with van der Waals surface area (Å²) in [5.74, 6) is -3.10. The number of carboxylic acid groups (broad SMARTS) is 1. The summed E-state index contributed by atoms with van der Waals surface area (Å²) in [5.41, 5.74) is 0.809. The largest absolute Gasteiger partial charge is 0.481 e. The second kappa shape index (κ2) is 13.1. The molecule has 0 spiro atoms. The lowest BCUT2D eigenvalue weighted by Crippen LogP contribution is -2.53. The van der Waals surface area contributed by atoms with Crippen LogP contribution in [-0.4, -0.2) is 58.2 Å². The van der Waals surface area contributed by atoms with E-state index in [0.717, 1.165) is 11.1 Å². The zero-order valence-corrected chi connectivity index (χ0v) is 22.1. The summed E-state index contributed by atoms with van der Waals surface area (Å²) in [6.45, 7) is 5.46. The van der Waals surface area contributed by atoms with Crippen LogP contribution in [0.4, 0.5) is 4.79 Å². The maximum absolute atomic E-state index is 13.7. The molecule has 0 bridgehead atoms. The molecule has 2 N–H and O–H groups in total. The molecule has 1 heterocycles. The van der Waals surface area contributed by atoms with Gasteiger partial charge in [-0.3, -0.25) is 9.59 Å². The van der Waals surface area contributed by atoms with Crippen LogP contribution in [0.5, 0.6) is 0 Å². The van der Waals surface area contributed by atoms with E-state index in [2.05, 4.69) is 5.32 Å². The van der Waals surface area contributed by atoms with Gasteiger partial charge in [-0.15, -0.1) is 0 Å². The van der Waals surface area contributed by atoms with Crippen LogP contribution in [0, 0.1) is 5.92 Å². The number of rotatable bonds is 10. The van der Waals surface area contributed by atoms with Gasteiger partial charge in [0, 0.05) is 6.54 Å². The number of alkyl carbamates (subject to hydrolysis) is 1. The van der Waals surface area contributed by atoms with Crippen molar-refractivity contribution < 1.29 is 33.8 Å². The van der Waals surface area contributed by atoms with Gasteiger partial charge in [-0.05, 0) is 57.6 Å². The number of nitrogens with zero attached hydrogens (tertiary/aromatic N) is 1. The average molecular weight is 525 g/mol. The number of carbonyl (C=O) groups excluding carboxylic acids is 3. The number of nitrogens with one attached hydrogen (secondary N) is 1. The number of carboxylic acids is 1. The Labute approximate surface area is 223 Å². The molecule has 1 unspecified atom stereocenters. The van der Waals surface area contributed by atoms with Crippen LogP contribution in [0.25, 0.3) is 0 Å². The summed E-state index contributed by atoms with van der Waals surface area (Å²) in [6.07, 6.45) is 0.193. The number of esters is 1. The van der Waals surface area contributed by atoms with Crippen LogP contribution in [0.3, 0.4) is 0 Å². The minimum atomic E-state index is -1.20. The lowest BCUT2D eigenvalue weighted by atomic mass is 9.92. The number of benzene rings is 2. The Bertz CT molecular complexity index is 1100. The fourth-order valence-electron chi connectivity index (χ4n) is 4.43. The number of likely N-dealkylation sites (tertiary alicyclic amines) is 1. The van der Waals surface area contributed by atoms with E-state index in [9.17, 15) is 24.3 Å². The number of aliphatic carboxylic acids is 1. The summed E-state index contributed by atoms with van der Waals surface area (Å²) >= 11 is 0. The van der Waals surface area contributed by atoms with Crippen molar-refractivity contribution in [1.82, 2.24) is 10.2 Å². The van der Waals surface area contributed by atoms with Gasteiger partial charge in [-0.1, -0.05) is 60.7 Å². The Kier molecular flexibility index (Phi) is 9.87. The van der Waals surface area contributed by atoms with E-state index in [4.69, 9.17) is 9.47 Å². The lowest BCUT2D eigenvalue weighted by Gasteiger charge is -2.30. The van der Waals surface area contributed by atoms with Crippen LogP contribution in [0.2, 0.25) is 0 Å². The molecule has 3 atom stereocenters. The van der Waals surface area contributed by atoms with Gasteiger partial charge in [0.2, 0.25) is 5.91 Å². The predicted molar refractivity (Wildman–Crippen MR) is 140 cm³/mol. The van der Waals surface area contributed by atoms with Gasteiger partial charge in [0.1, 0.15) is 24.3 Å². The third kappa shape index (κ3) is 8.61. The van der Waals surface area contributed by atoms with Gasteiger partial charge >= 0.3 is 18.0 Å². The minimum Gasteiger partial charge on any atom is -0.481 e. The highest BCUT2D eigenvalue weighted by molar-refractivity contribution is 5.90. The highest BCUT2D eigenvalue weighted by atomic mass is 16.6. The van der Waals surface area contributed by atoms with E-state index >= 15 is 0 Å². The van der Waals surface area contributed by atoms with Crippen molar-refractivity contribution in [2.45, 2.75) is 70.7 Å². The number of carbonyl (C=O) groups is 4. The Balaban J connectivity index is 1.76. The predicted octanol–water partition coefficient (Wildman–Crippen LogP) is 3.95. The summed E-state index contributed by atoms with van der Waals surface area (Å²) in [6, 6.07) is 16.3. The fraction of sp³-hybridized carbons (Fsp3) is 0.448. The normalized spacial score (nSPS) is 16.8. The Hall–Kier alpha value is -3.88. The highest BCUT2D eigenvalue weighted by Crippen LogP contribution is 2.23. The van der Waals surface area contributed by atoms with Gasteiger partial charge in [-0.25, -0.2) is 9.59 Å². The number of amides is 2. The molecule has 1 fully saturated rings. The van der Waals surface area contributed by atoms with Gasteiger partial charge in [-0.2, -0.15) is 0 Å². The van der Waals surface area contributed by atoms with E-state index in [1.165, 1.54) is 4.90 Å². The quantitative estimate of drug-likeness (QED) is 0.451.